The van der Waals surface area contributed by atoms with Gasteiger partial charge in [-0.15, -0.1) is 0 Å². The highest BCUT2D eigenvalue weighted by Crippen LogP contribution is 2.37. The summed E-state index contributed by atoms with van der Waals surface area (Å²) in [4.78, 5) is 28.4. The van der Waals surface area contributed by atoms with Crippen LogP contribution in [0.15, 0.2) is 80.0 Å². The van der Waals surface area contributed by atoms with Gasteiger partial charge in [-0.3, -0.25) is 14.5 Å². The highest BCUT2D eigenvalue weighted by molar-refractivity contribution is 5.99. The van der Waals surface area contributed by atoms with Gasteiger partial charge in [0.15, 0.2) is 0 Å². The van der Waals surface area contributed by atoms with Crippen LogP contribution < -0.4 is 15.4 Å². The molecule has 168 valence electrons. The van der Waals surface area contributed by atoms with E-state index >= 15 is 0 Å². The number of carbonyl (C=O) groups excluding carboxylic acids is 1. The Hall–Kier alpha value is -4.99. The van der Waals surface area contributed by atoms with Crippen molar-refractivity contribution in [3.63, 3.8) is 0 Å². The maximum Gasteiger partial charge on any atom is 0.247 e. The number of rotatable bonds is 7. The van der Waals surface area contributed by atoms with Crippen LogP contribution in [0.5, 0.6) is 11.6 Å². The molecule has 4 aromatic heterocycles. The zero-order valence-corrected chi connectivity index (χ0v) is 18.2. The molecule has 0 aliphatic heterocycles. The summed E-state index contributed by atoms with van der Waals surface area (Å²) in [7, 11) is 1.83. The van der Waals surface area contributed by atoms with Crippen molar-refractivity contribution < 1.29 is 9.53 Å². The molecule has 0 saturated carbocycles. The van der Waals surface area contributed by atoms with Crippen LogP contribution in [0.25, 0.3) is 22.2 Å². The summed E-state index contributed by atoms with van der Waals surface area (Å²) in [6, 6.07) is 10.8. The van der Waals surface area contributed by atoms with Crippen molar-refractivity contribution in [2.75, 3.05) is 10.6 Å². The lowest BCUT2D eigenvalue weighted by molar-refractivity contribution is -0.111. The first-order chi connectivity index (χ1) is 16.6. The Bertz CT molecular complexity index is 1490. The molecule has 4 heterocycles. The second-order valence-corrected chi connectivity index (χ2v) is 7.37. The molecule has 0 spiro atoms. The van der Waals surface area contributed by atoms with Gasteiger partial charge >= 0.3 is 0 Å². The largest absolute Gasteiger partial charge is 0.438 e. The summed E-state index contributed by atoms with van der Waals surface area (Å²) in [5.74, 6) is 0.858. The van der Waals surface area contributed by atoms with Gasteiger partial charge in [-0.25, -0.2) is 0 Å². The first kappa shape index (κ1) is 20.9. The van der Waals surface area contributed by atoms with Gasteiger partial charge < -0.3 is 20.4 Å². The summed E-state index contributed by atoms with van der Waals surface area (Å²) >= 11 is 0. The van der Waals surface area contributed by atoms with Crippen molar-refractivity contribution in [2.45, 2.75) is 0 Å². The van der Waals surface area contributed by atoms with E-state index in [4.69, 9.17) is 4.74 Å². The smallest absolute Gasteiger partial charge is 0.247 e. The Morgan fingerprint density at radius 2 is 2.09 bits per heavy atom. The molecule has 1 amide bonds. The number of anilines is 3. The number of H-pyrrole nitrogens is 1. The van der Waals surface area contributed by atoms with E-state index in [1.54, 1.807) is 47.5 Å². The van der Waals surface area contributed by atoms with E-state index < -0.39 is 0 Å². The number of aromatic nitrogens is 6. The average molecular weight is 452 g/mol. The molecular formula is C24H20N8O2. The third-order valence-corrected chi connectivity index (χ3v) is 4.93. The second kappa shape index (κ2) is 8.87. The van der Waals surface area contributed by atoms with Gasteiger partial charge in [0.1, 0.15) is 11.4 Å². The molecule has 10 heteroatoms. The quantitative estimate of drug-likeness (QED) is 0.313. The third kappa shape index (κ3) is 4.32. The topological polar surface area (TPSA) is 123 Å². The number of hydrogen-bond acceptors (Lipinski definition) is 7. The molecule has 0 atom stereocenters. The van der Waals surface area contributed by atoms with Crippen molar-refractivity contribution in [3.8, 4) is 22.8 Å². The molecule has 5 aromatic rings. The predicted octanol–water partition coefficient (Wildman–Crippen LogP) is 4.41. The van der Waals surface area contributed by atoms with Crippen LogP contribution >= 0.6 is 0 Å². The molecule has 0 saturated heterocycles. The summed E-state index contributed by atoms with van der Waals surface area (Å²) < 4.78 is 7.90. The monoisotopic (exact) mass is 452 g/mol. The number of amides is 1. The molecule has 0 aliphatic carbocycles. The molecule has 34 heavy (non-hydrogen) atoms. The van der Waals surface area contributed by atoms with Crippen LogP contribution in [0.1, 0.15) is 0 Å². The average Bonchev–Trinajstić information content (AvgIpc) is 3.46. The summed E-state index contributed by atoms with van der Waals surface area (Å²) in [6.07, 6.45) is 10.0. The Balaban J connectivity index is 1.58. The van der Waals surface area contributed by atoms with Gasteiger partial charge in [0.2, 0.25) is 17.7 Å². The first-order valence-corrected chi connectivity index (χ1v) is 10.4. The second-order valence-electron chi connectivity index (χ2n) is 7.37. The van der Waals surface area contributed by atoms with E-state index in [0.29, 0.717) is 34.3 Å². The van der Waals surface area contributed by atoms with Gasteiger partial charge in [0.05, 0.1) is 17.3 Å². The van der Waals surface area contributed by atoms with E-state index in [1.807, 2.05) is 31.6 Å². The van der Waals surface area contributed by atoms with E-state index in [-0.39, 0.29) is 5.91 Å². The van der Waals surface area contributed by atoms with Crippen LogP contribution in [0.4, 0.5) is 17.3 Å². The van der Waals surface area contributed by atoms with E-state index in [0.717, 1.165) is 16.8 Å². The first-order valence-electron chi connectivity index (χ1n) is 10.4. The zero-order valence-electron chi connectivity index (χ0n) is 18.2. The number of benzene rings is 1. The SMILES string of the molecule is C=CC(=O)Nc1cccc(Oc2nc(Nc3cnn(C)c3)nc3[nH]cc(-c4cccnc4)c23)c1. The van der Waals surface area contributed by atoms with Crippen molar-refractivity contribution in [1.82, 2.24) is 29.7 Å². The Labute approximate surface area is 194 Å². The van der Waals surface area contributed by atoms with Gasteiger partial charge in [0, 0.05) is 54.7 Å². The fourth-order valence-electron chi connectivity index (χ4n) is 3.44. The van der Waals surface area contributed by atoms with Crippen LogP contribution in [0.3, 0.4) is 0 Å². The minimum Gasteiger partial charge on any atom is -0.438 e. The Kier molecular flexibility index (Phi) is 5.45. The lowest BCUT2D eigenvalue weighted by Crippen LogP contribution is -2.07. The van der Waals surface area contributed by atoms with Crippen LogP contribution in [0, 0.1) is 0 Å². The number of carbonyl (C=O) groups is 1. The molecule has 5 rings (SSSR count). The number of nitrogens with zero attached hydrogens (tertiary/aromatic N) is 5. The molecule has 10 nitrogen and oxygen atoms in total. The molecular weight excluding hydrogens is 432 g/mol. The molecule has 1 aromatic carbocycles. The van der Waals surface area contributed by atoms with Crippen LogP contribution in [0.2, 0.25) is 0 Å². The highest BCUT2D eigenvalue weighted by atomic mass is 16.5. The lowest BCUT2D eigenvalue weighted by atomic mass is 10.1. The minimum atomic E-state index is -0.311. The number of pyridine rings is 1. The predicted molar refractivity (Wildman–Crippen MR) is 129 cm³/mol. The number of aryl methyl sites for hydroxylation is 1. The van der Waals surface area contributed by atoms with E-state index in [2.05, 4.69) is 42.2 Å². The van der Waals surface area contributed by atoms with Crippen LogP contribution in [-0.2, 0) is 11.8 Å². The van der Waals surface area contributed by atoms with Crippen molar-refractivity contribution in [3.05, 3.63) is 80.0 Å². The molecule has 3 N–H and O–H groups in total. The van der Waals surface area contributed by atoms with Gasteiger partial charge in [-0.2, -0.15) is 15.1 Å². The lowest BCUT2D eigenvalue weighted by Gasteiger charge is -2.11. The van der Waals surface area contributed by atoms with Crippen molar-refractivity contribution in [1.29, 1.82) is 0 Å². The normalized spacial score (nSPS) is 10.7. The number of fused-ring (bicyclic) bond motifs is 1. The van der Waals surface area contributed by atoms with E-state index in [1.165, 1.54) is 6.08 Å². The fraction of sp³-hybridized carbons (Fsp3) is 0.0417. The maximum atomic E-state index is 11.7. The molecule has 0 aliphatic rings. The number of aromatic amines is 1. The minimum absolute atomic E-state index is 0.311. The van der Waals surface area contributed by atoms with Gasteiger partial charge in [-0.1, -0.05) is 18.7 Å². The number of ether oxygens (including phenoxy) is 1. The number of nitrogens with one attached hydrogen (secondary N) is 3. The Morgan fingerprint density at radius 3 is 2.85 bits per heavy atom. The fourth-order valence-corrected chi connectivity index (χ4v) is 3.44. The molecule has 0 fully saturated rings. The summed E-state index contributed by atoms with van der Waals surface area (Å²) in [5.41, 5.74) is 3.64. The Morgan fingerprint density at radius 1 is 1.18 bits per heavy atom. The zero-order chi connectivity index (χ0) is 23.5. The standard InChI is InChI=1S/C24H20N8O2/c1-3-20(33)28-16-7-4-8-18(10-16)34-23-21-19(15-6-5-9-25-11-15)13-26-22(21)30-24(31-23)29-17-12-27-32(2)14-17/h3-14H,1H2,2H3,(H,28,33)(H2,26,29,30,31). The van der Waals surface area contributed by atoms with Crippen LogP contribution in [-0.4, -0.2) is 35.6 Å². The maximum absolute atomic E-state index is 11.7. The summed E-state index contributed by atoms with van der Waals surface area (Å²) in [5, 5.41) is 10.7. The van der Waals surface area contributed by atoms with Crippen molar-refractivity contribution in [2.24, 2.45) is 7.05 Å². The highest BCUT2D eigenvalue weighted by Gasteiger charge is 2.18. The van der Waals surface area contributed by atoms with Crippen molar-refractivity contribution >= 4 is 34.3 Å². The van der Waals surface area contributed by atoms with Gasteiger partial charge in [0.25, 0.3) is 0 Å². The summed E-state index contributed by atoms with van der Waals surface area (Å²) in [6.45, 7) is 3.48. The molecule has 0 unspecified atom stereocenters. The van der Waals surface area contributed by atoms with Gasteiger partial charge in [-0.05, 0) is 24.3 Å². The third-order valence-electron chi connectivity index (χ3n) is 4.93. The van der Waals surface area contributed by atoms with E-state index in [9.17, 15) is 4.79 Å². The number of hydrogen-bond donors (Lipinski definition) is 3. The molecule has 0 bridgehead atoms. The molecule has 0 radical (unpaired) electrons.